The highest BCUT2D eigenvalue weighted by Gasteiger charge is 2.30. The molecule has 4 atom stereocenters. The number of nitrogens with one attached hydrogen (secondary N) is 4. The molecule has 37 heavy (non-hydrogen) atoms. The normalized spacial score (nSPS) is 22.2. The molecule has 198 valence electrons. The van der Waals surface area contributed by atoms with Crippen molar-refractivity contribution in [3.8, 4) is 5.75 Å². The fourth-order valence-corrected chi connectivity index (χ4v) is 4.08. The SMILES string of the molecule is C[C@@H]1NC(=O)[C@H](Cc2ccccc2)NC(=O)[C@H](NC(=O)[C@@H](N)Cc2ccc(O)cc2)CCCCNC1=O. The second kappa shape index (κ2) is 13.4. The minimum absolute atomic E-state index is 0.113. The summed E-state index contributed by atoms with van der Waals surface area (Å²) in [5, 5.41) is 20.4. The minimum atomic E-state index is -0.948. The van der Waals surface area contributed by atoms with Crippen LogP contribution in [0.15, 0.2) is 54.6 Å². The number of carbonyl (C=O) groups excluding carboxylic acids is 4. The van der Waals surface area contributed by atoms with Crippen molar-refractivity contribution < 1.29 is 24.3 Å². The fourth-order valence-electron chi connectivity index (χ4n) is 4.08. The predicted octanol–water partition coefficient (Wildman–Crippen LogP) is 0.279. The number of hydrogen-bond donors (Lipinski definition) is 6. The molecule has 0 radical (unpaired) electrons. The monoisotopic (exact) mass is 509 g/mol. The third kappa shape index (κ3) is 8.60. The molecule has 1 aliphatic rings. The zero-order valence-corrected chi connectivity index (χ0v) is 20.9. The number of phenols is 1. The molecule has 1 fully saturated rings. The molecule has 0 bridgehead atoms. The molecular formula is C27H35N5O5. The first-order valence-corrected chi connectivity index (χ1v) is 12.5. The zero-order valence-electron chi connectivity index (χ0n) is 20.9. The predicted molar refractivity (Wildman–Crippen MR) is 138 cm³/mol. The highest BCUT2D eigenvalue weighted by Crippen LogP contribution is 2.12. The third-order valence-corrected chi connectivity index (χ3v) is 6.25. The van der Waals surface area contributed by atoms with Crippen molar-refractivity contribution >= 4 is 23.6 Å². The Labute approximate surface area is 216 Å². The van der Waals surface area contributed by atoms with E-state index in [1.165, 1.54) is 12.1 Å². The summed E-state index contributed by atoms with van der Waals surface area (Å²) in [4.78, 5) is 51.6. The van der Waals surface area contributed by atoms with Crippen molar-refractivity contribution in [3.05, 3.63) is 65.7 Å². The van der Waals surface area contributed by atoms with Gasteiger partial charge in [0.1, 0.15) is 23.9 Å². The molecule has 10 nitrogen and oxygen atoms in total. The maximum absolute atomic E-state index is 13.3. The summed E-state index contributed by atoms with van der Waals surface area (Å²) in [7, 11) is 0. The molecule has 0 saturated carbocycles. The van der Waals surface area contributed by atoms with E-state index in [1.54, 1.807) is 19.1 Å². The number of aromatic hydroxyl groups is 1. The van der Waals surface area contributed by atoms with Gasteiger partial charge in [0, 0.05) is 13.0 Å². The Bertz CT molecular complexity index is 1080. The van der Waals surface area contributed by atoms with Crippen LogP contribution in [0.3, 0.4) is 0 Å². The summed E-state index contributed by atoms with van der Waals surface area (Å²) in [6.45, 7) is 1.97. The number of rotatable bonds is 6. The molecule has 4 amide bonds. The lowest BCUT2D eigenvalue weighted by atomic mass is 10.0. The van der Waals surface area contributed by atoms with E-state index >= 15 is 0 Å². The smallest absolute Gasteiger partial charge is 0.243 e. The Morgan fingerprint density at radius 2 is 1.68 bits per heavy atom. The number of benzene rings is 2. The minimum Gasteiger partial charge on any atom is -0.508 e. The van der Waals surface area contributed by atoms with Crippen LogP contribution in [0.1, 0.15) is 37.3 Å². The van der Waals surface area contributed by atoms with Gasteiger partial charge in [0.25, 0.3) is 0 Å². The molecule has 0 aromatic heterocycles. The zero-order chi connectivity index (χ0) is 26.8. The van der Waals surface area contributed by atoms with Gasteiger partial charge in [-0.05, 0) is 55.9 Å². The van der Waals surface area contributed by atoms with Crippen LogP contribution in [0.4, 0.5) is 0 Å². The van der Waals surface area contributed by atoms with Crippen LogP contribution in [-0.2, 0) is 32.0 Å². The van der Waals surface area contributed by atoms with Crippen molar-refractivity contribution in [2.24, 2.45) is 5.73 Å². The lowest BCUT2D eigenvalue weighted by molar-refractivity contribution is -0.133. The Morgan fingerprint density at radius 3 is 2.38 bits per heavy atom. The van der Waals surface area contributed by atoms with Gasteiger partial charge >= 0.3 is 0 Å². The number of carbonyl (C=O) groups is 4. The van der Waals surface area contributed by atoms with Gasteiger partial charge < -0.3 is 32.1 Å². The maximum Gasteiger partial charge on any atom is 0.243 e. The van der Waals surface area contributed by atoms with Gasteiger partial charge in [-0.15, -0.1) is 0 Å². The highest BCUT2D eigenvalue weighted by molar-refractivity contribution is 5.94. The van der Waals surface area contributed by atoms with Gasteiger partial charge in [0.05, 0.1) is 6.04 Å². The van der Waals surface area contributed by atoms with Crippen LogP contribution in [0.5, 0.6) is 5.75 Å². The largest absolute Gasteiger partial charge is 0.508 e. The van der Waals surface area contributed by atoms with Crippen LogP contribution in [-0.4, -0.2) is 59.4 Å². The van der Waals surface area contributed by atoms with Crippen molar-refractivity contribution in [1.29, 1.82) is 0 Å². The van der Waals surface area contributed by atoms with Crippen LogP contribution < -0.4 is 27.0 Å². The van der Waals surface area contributed by atoms with E-state index < -0.39 is 41.9 Å². The van der Waals surface area contributed by atoms with Gasteiger partial charge in [0.15, 0.2) is 0 Å². The van der Waals surface area contributed by atoms with Gasteiger partial charge in [-0.2, -0.15) is 0 Å². The van der Waals surface area contributed by atoms with Crippen molar-refractivity contribution in [2.45, 2.75) is 63.2 Å². The number of hydrogen-bond acceptors (Lipinski definition) is 6. The molecule has 2 aromatic carbocycles. The van der Waals surface area contributed by atoms with E-state index in [0.717, 1.165) is 11.1 Å². The van der Waals surface area contributed by atoms with Gasteiger partial charge in [0.2, 0.25) is 23.6 Å². The summed E-state index contributed by atoms with van der Waals surface area (Å²) in [5.41, 5.74) is 7.71. The molecule has 2 aromatic rings. The molecule has 1 aliphatic heterocycles. The van der Waals surface area contributed by atoms with E-state index in [-0.39, 0.29) is 24.5 Å². The first kappa shape index (κ1) is 27.7. The highest BCUT2D eigenvalue weighted by atomic mass is 16.3. The first-order valence-electron chi connectivity index (χ1n) is 12.5. The van der Waals surface area contributed by atoms with E-state index in [1.807, 2.05) is 30.3 Å². The number of amides is 4. The van der Waals surface area contributed by atoms with Gasteiger partial charge in [-0.25, -0.2) is 0 Å². The second-order valence-corrected chi connectivity index (χ2v) is 9.31. The molecule has 0 unspecified atom stereocenters. The summed E-state index contributed by atoms with van der Waals surface area (Å²) in [6, 6.07) is 12.1. The van der Waals surface area contributed by atoms with E-state index in [2.05, 4.69) is 21.3 Å². The lowest BCUT2D eigenvalue weighted by Crippen LogP contribution is -2.57. The molecular weight excluding hydrogens is 474 g/mol. The molecule has 7 N–H and O–H groups in total. The van der Waals surface area contributed by atoms with E-state index in [0.29, 0.717) is 25.8 Å². The summed E-state index contributed by atoms with van der Waals surface area (Å²) in [6.07, 6.45) is 1.91. The van der Waals surface area contributed by atoms with Crippen molar-refractivity contribution in [1.82, 2.24) is 21.3 Å². The lowest BCUT2D eigenvalue weighted by Gasteiger charge is -2.25. The fraction of sp³-hybridized carbons (Fsp3) is 0.407. The maximum atomic E-state index is 13.3. The molecule has 1 heterocycles. The average molecular weight is 510 g/mol. The topological polar surface area (TPSA) is 163 Å². The van der Waals surface area contributed by atoms with Crippen LogP contribution in [0.2, 0.25) is 0 Å². The van der Waals surface area contributed by atoms with Crippen molar-refractivity contribution in [3.63, 3.8) is 0 Å². The molecule has 1 saturated heterocycles. The van der Waals surface area contributed by atoms with Gasteiger partial charge in [-0.1, -0.05) is 42.5 Å². The Balaban J connectivity index is 1.75. The average Bonchev–Trinajstić information content (AvgIpc) is 2.88. The summed E-state index contributed by atoms with van der Waals surface area (Å²) in [5.74, 6) is -1.67. The number of nitrogens with two attached hydrogens (primary N) is 1. The van der Waals surface area contributed by atoms with Crippen molar-refractivity contribution in [2.75, 3.05) is 6.54 Å². The Kier molecular flexibility index (Phi) is 10.0. The van der Waals surface area contributed by atoms with Crippen LogP contribution in [0.25, 0.3) is 0 Å². The molecule has 0 aliphatic carbocycles. The Hall–Kier alpha value is -3.92. The van der Waals surface area contributed by atoms with E-state index in [9.17, 15) is 24.3 Å². The molecule has 3 rings (SSSR count). The standard InChI is InChI=1S/C27H35N5O5/c1-17-24(34)29-14-6-5-9-22(31-25(35)21(28)15-19-10-12-20(33)13-11-19)26(36)32-23(27(37)30-17)16-18-7-3-2-4-8-18/h2-4,7-8,10-13,17,21-23,33H,5-6,9,14-16,28H2,1H3,(H,29,34)(H,30,37)(H,31,35)(H,32,36)/t17-,21-,22+,23-/m0/s1. The van der Waals surface area contributed by atoms with E-state index in [4.69, 9.17) is 5.73 Å². The van der Waals surface area contributed by atoms with Crippen LogP contribution in [0, 0.1) is 0 Å². The number of phenolic OH excluding ortho intramolecular Hbond substituents is 1. The molecule has 0 spiro atoms. The summed E-state index contributed by atoms with van der Waals surface area (Å²) >= 11 is 0. The third-order valence-electron chi connectivity index (χ3n) is 6.25. The summed E-state index contributed by atoms with van der Waals surface area (Å²) < 4.78 is 0. The first-order chi connectivity index (χ1) is 17.7. The Morgan fingerprint density at radius 1 is 0.973 bits per heavy atom. The second-order valence-electron chi connectivity index (χ2n) is 9.31. The van der Waals surface area contributed by atoms with Gasteiger partial charge in [-0.3, -0.25) is 19.2 Å². The molecule has 10 heteroatoms. The van der Waals surface area contributed by atoms with Crippen LogP contribution >= 0.6 is 0 Å². The quantitative estimate of drug-likeness (QED) is 0.328.